The summed E-state index contributed by atoms with van der Waals surface area (Å²) in [5.41, 5.74) is 3.33. The maximum Gasteiger partial charge on any atom is 0.216 e. The van der Waals surface area contributed by atoms with Crippen molar-refractivity contribution >= 4 is 15.7 Å². The molecular weight excluding hydrogens is 438 g/mol. The number of benzene rings is 1. The number of nitrogens with one attached hydrogen (secondary N) is 1. The second-order valence-corrected chi connectivity index (χ2v) is 11.1. The molecule has 4 rings (SSSR count). The molecule has 2 heterocycles. The summed E-state index contributed by atoms with van der Waals surface area (Å²) in [6, 6.07) is 12.5. The monoisotopic (exact) mass is 473 g/mol. The Morgan fingerprint density at radius 1 is 1.12 bits per heavy atom. The van der Waals surface area contributed by atoms with Crippen LogP contribution < -0.4 is 14.4 Å². The van der Waals surface area contributed by atoms with Gasteiger partial charge in [0.15, 0.2) is 0 Å². The summed E-state index contributed by atoms with van der Waals surface area (Å²) in [5.74, 6) is 1.20. The van der Waals surface area contributed by atoms with Crippen LogP contribution in [0.25, 0.3) is 0 Å². The van der Waals surface area contributed by atoms with Crippen LogP contribution in [0.3, 0.4) is 0 Å². The van der Waals surface area contributed by atoms with Crippen molar-refractivity contribution in [2.24, 2.45) is 0 Å². The fourth-order valence-electron chi connectivity index (χ4n) is 5.23. The fourth-order valence-corrected chi connectivity index (χ4v) is 6.06. The molecular formula is C25H35N3O4S. The number of sulfonamides is 1. The number of pyridine rings is 1. The van der Waals surface area contributed by atoms with Crippen molar-refractivity contribution in [2.45, 2.75) is 63.1 Å². The minimum Gasteiger partial charge on any atom is -0.481 e. The molecule has 0 amide bonds. The van der Waals surface area contributed by atoms with Gasteiger partial charge in [-0.1, -0.05) is 30.3 Å². The van der Waals surface area contributed by atoms with E-state index in [2.05, 4.69) is 44.9 Å². The molecule has 1 aliphatic heterocycles. The lowest BCUT2D eigenvalue weighted by molar-refractivity contribution is 0.0157. The highest BCUT2D eigenvalue weighted by Crippen LogP contribution is 2.35. The van der Waals surface area contributed by atoms with E-state index in [4.69, 9.17) is 9.47 Å². The summed E-state index contributed by atoms with van der Waals surface area (Å²) in [6.07, 6.45) is 8.25. The van der Waals surface area contributed by atoms with E-state index in [0.29, 0.717) is 18.4 Å². The lowest BCUT2D eigenvalue weighted by Crippen LogP contribution is -2.48. The Morgan fingerprint density at radius 2 is 1.85 bits per heavy atom. The summed E-state index contributed by atoms with van der Waals surface area (Å²) in [4.78, 5) is 6.64. The van der Waals surface area contributed by atoms with Crippen LogP contribution in [0.2, 0.25) is 0 Å². The van der Waals surface area contributed by atoms with Gasteiger partial charge in [-0.25, -0.2) is 18.1 Å². The number of anilines is 1. The predicted octanol–water partition coefficient (Wildman–Crippen LogP) is 3.64. The van der Waals surface area contributed by atoms with Crippen molar-refractivity contribution in [3.8, 4) is 5.88 Å². The van der Waals surface area contributed by atoms with Crippen molar-refractivity contribution in [3.63, 3.8) is 0 Å². The molecule has 1 aromatic heterocycles. The Kier molecular flexibility index (Phi) is 7.56. The summed E-state index contributed by atoms with van der Waals surface area (Å²) in [5, 5.41) is 0. The molecule has 0 radical (unpaired) electrons. The molecule has 1 saturated carbocycles. The first kappa shape index (κ1) is 24.0. The maximum absolute atomic E-state index is 12.0. The van der Waals surface area contributed by atoms with E-state index in [1.807, 2.05) is 13.0 Å². The molecule has 0 unspecified atom stereocenters. The smallest absolute Gasteiger partial charge is 0.216 e. The van der Waals surface area contributed by atoms with Gasteiger partial charge in [0.25, 0.3) is 0 Å². The quantitative estimate of drug-likeness (QED) is 0.631. The molecule has 2 aromatic rings. The van der Waals surface area contributed by atoms with Crippen LogP contribution in [0.1, 0.15) is 49.1 Å². The van der Waals surface area contributed by atoms with Crippen molar-refractivity contribution in [1.82, 2.24) is 9.71 Å². The maximum atomic E-state index is 12.0. The number of nitrogens with zero attached hydrogens (tertiary/aromatic N) is 2. The summed E-state index contributed by atoms with van der Waals surface area (Å²) in [7, 11) is -1.70. The predicted molar refractivity (Wildman–Crippen MR) is 130 cm³/mol. The Morgan fingerprint density at radius 3 is 2.48 bits per heavy atom. The van der Waals surface area contributed by atoms with Crippen LogP contribution in [0.5, 0.6) is 5.88 Å². The number of aryl methyl sites for hydroxylation is 1. The van der Waals surface area contributed by atoms with Gasteiger partial charge < -0.3 is 14.4 Å². The molecule has 2 atom stereocenters. The molecule has 1 aromatic carbocycles. The number of rotatable bonds is 8. The second-order valence-electron chi connectivity index (χ2n) is 9.28. The topological polar surface area (TPSA) is 80.8 Å². The fraction of sp³-hybridized carbons (Fsp3) is 0.560. The SMILES string of the molecule is COc1ncc(N2CC[C@H](NS(C)(=O)=O)[C@@H]2COC2CCC(c3ccccc3)CC2)cc1C. The number of hydrogen-bond acceptors (Lipinski definition) is 6. The molecule has 2 aliphatic rings. The number of methoxy groups -OCH3 is 1. The largest absolute Gasteiger partial charge is 0.481 e. The minimum absolute atomic E-state index is 0.0823. The Labute approximate surface area is 197 Å². The first-order valence-corrected chi connectivity index (χ1v) is 13.6. The average molecular weight is 474 g/mol. The summed E-state index contributed by atoms with van der Waals surface area (Å²) < 4.78 is 38.5. The zero-order chi connectivity index (χ0) is 23.4. The Bertz CT molecular complexity index is 1020. The molecule has 1 aliphatic carbocycles. The van der Waals surface area contributed by atoms with Gasteiger partial charge in [-0.05, 0) is 56.6 Å². The van der Waals surface area contributed by atoms with Crippen LogP contribution in [0.4, 0.5) is 5.69 Å². The molecule has 2 fully saturated rings. The first-order valence-electron chi connectivity index (χ1n) is 11.7. The third-order valence-corrected chi connectivity index (χ3v) is 7.63. The summed E-state index contributed by atoms with van der Waals surface area (Å²) >= 11 is 0. The van der Waals surface area contributed by atoms with Gasteiger partial charge >= 0.3 is 0 Å². The Hall–Kier alpha value is -2.16. The number of aromatic nitrogens is 1. The third-order valence-electron chi connectivity index (χ3n) is 6.90. The van der Waals surface area contributed by atoms with Crippen molar-refractivity contribution < 1.29 is 17.9 Å². The lowest BCUT2D eigenvalue weighted by atomic mass is 9.83. The summed E-state index contributed by atoms with van der Waals surface area (Å²) in [6.45, 7) is 3.20. The van der Waals surface area contributed by atoms with Gasteiger partial charge in [0.2, 0.25) is 15.9 Å². The van der Waals surface area contributed by atoms with Gasteiger partial charge in [-0.3, -0.25) is 0 Å². The van der Waals surface area contributed by atoms with Gasteiger partial charge in [0.1, 0.15) is 0 Å². The van der Waals surface area contributed by atoms with E-state index >= 15 is 0 Å². The van der Waals surface area contributed by atoms with Gasteiger partial charge in [-0.2, -0.15) is 0 Å². The van der Waals surface area contributed by atoms with Crippen LogP contribution in [-0.2, 0) is 14.8 Å². The third kappa shape index (κ3) is 6.05. The van der Waals surface area contributed by atoms with E-state index in [1.54, 1.807) is 13.3 Å². The Balaban J connectivity index is 1.42. The zero-order valence-corrected chi connectivity index (χ0v) is 20.6. The van der Waals surface area contributed by atoms with Gasteiger partial charge in [-0.15, -0.1) is 0 Å². The van der Waals surface area contributed by atoms with E-state index in [0.717, 1.165) is 49.9 Å². The number of ether oxygens (including phenoxy) is 2. The van der Waals surface area contributed by atoms with E-state index in [1.165, 1.54) is 11.8 Å². The number of hydrogen-bond donors (Lipinski definition) is 1. The molecule has 180 valence electrons. The van der Waals surface area contributed by atoms with Crippen LogP contribution in [0.15, 0.2) is 42.6 Å². The van der Waals surface area contributed by atoms with E-state index < -0.39 is 10.0 Å². The molecule has 0 spiro atoms. The van der Waals surface area contributed by atoms with Crippen LogP contribution in [-0.4, -0.2) is 58.1 Å². The molecule has 1 saturated heterocycles. The zero-order valence-electron chi connectivity index (χ0n) is 19.7. The normalized spacial score (nSPS) is 25.8. The second kappa shape index (κ2) is 10.4. The van der Waals surface area contributed by atoms with Crippen molar-refractivity contribution in [2.75, 3.05) is 31.4 Å². The lowest BCUT2D eigenvalue weighted by Gasteiger charge is -2.33. The highest BCUT2D eigenvalue weighted by Gasteiger charge is 2.37. The van der Waals surface area contributed by atoms with Crippen LogP contribution >= 0.6 is 0 Å². The van der Waals surface area contributed by atoms with Crippen LogP contribution in [0, 0.1) is 6.92 Å². The molecule has 7 nitrogen and oxygen atoms in total. The first-order chi connectivity index (χ1) is 15.8. The van der Waals surface area contributed by atoms with E-state index in [9.17, 15) is 8.42 Å². The highest BCUT2D eigenvalue weighted by atomic mass is 32.2. The minimum atomic E-state index is -3.31. The van der Waals surface area contributed by atoms with Gasteiger partial charge in [0.05, 0.1) is 44.0 Å². The molecule has 0 bridgehead atoms. The average Bonchev–Trinajstić information content (AvgIpc) is 3.19. The molecule has 33 heavy (non-hydrogen) atoms. The van der Waals surface area contributed by atoms with Crippen molar-refractivity contribution in [3.05, 3.63) is 53.7 Å². The molecule has 1 N–H and O–H groups in total. The van der Waals surface area contributed by atoms with Crippen molar-refractivity contribution in [1.29, 1.82) is 0 Å². The molecule has 8 heteroatoms. The van der Waals surface area contributed by atoms with Gasteiger partial charge in [0, 0.05) is 18.2 Å². The standard InChI is InChI=1S/C25H35N3O4S/c1-18-15-21(16-26-25(18)31-2)28-14-13-23(27-33(3,29)30)24(28)17-32-22-11-9-20(10-12-22)19-7-5-4-6-8-19/h4-8,15-16,20,22-24,27H,9-14,17H2,1-3H3/t20?,22?,23-,24-/m0/s1. The van der Waals surface area contributed by atoms with E-state index in [-0.39, 0.29) is 18.2 Å². The highest BCUT2D eigenvalue weighted by molar-refractivity contribution is 7.88.